The van der Waals surface area contributed by atoms with Crippen LogP contribution in [0.5, 0.6) is 0 Å². The molecule has 1 nitrogen and oxygen atoms in total. The minimum atomic E-state index is -0.234. The summed E-state index contributed by atoms with van der Waals surface area (Å²) < 4.78 is 0. The van der Waals surface area contributed by atoms with Crippen LogP contribution in [0.15, 0.2) is 36.4 Å². The summed E-state index contributed by atoms with van der Waals surface area (Å²) in [6.45, 7) is 3.75. The van der Waals surface area contributed by atoms with Gasteiger partial charge in [-0.15, -0.1) is 12.8 Å². The highest BCUT2D eigenvalue weighted by Gasteiger charge is 2.04. The maximum atomic E-state index is 10.1. The number of carbonyl (C=O) groups is 1. The second-order valence-corrected chi connectivity index (χ2v) is 3.14. The van der Waals surface area contributed by atoms with Gasteiger partial charge < -0.3 is 0 Å². The first kappa shape index (κ1) is 16.2. The van der Waals surface area contributed by atoms with Crippen LogP contribution in [-0.4, -0.2) is 5.24 Å². The van der Waals surface area contributed by atoms with Crippen molar-refractivity contribution in [1.82, 2.24) is 0 Å². The average Bonchev–Trinajstić information content (AvgIpc) is 2.33. The molecular formula is C13H17ClO. The van der Waals surface area contributed by atoms with Crippen LogP contribution in [0.3, 0.4) is 0 Å². The van der Waals surface area contributed by atoms with E-state index in [0.29, 0.717) is 0 Å². The first-order valence-corrected chi connectivity index (χ1v) is 5.09. The van der Waals surface area contributed by atoms with E-state index in [1.165, 1.54) is 0 Å². The van der Waals surface area contributed by atoms with Crippen molar-refractivity contribution in [2.45, 2.75) is 20.3 Å². The van der Waals surface area contributed by atoms with E-state index in [1.54, 1.807) is 0 Å². The summed E-state index contributed by atoms with van der Waals surface area (Å²) in [4.78, 5) is 10.1. The van der Waals surface area contributed by atoms with E-state index in [4.69, 9.17) is 11.6 Å². The molecule has 0 N–H and O–H groups in total. The summed E-state index contributed by atoms with van der Waals surface area (Å²) >= 11 is 5.09. The van der Waals surface area contributed by atoms with Crippen molar-refractivity contribution in [2.24, 2.45) is 5.92 Å². The van der Waals surface area contributed by atoms with Gasteiger partial charge in [-0.25, -0.2) is 0 Å². The van der Waals surface area contributed by atoms with Gasteiger partial charge in [0.25, 0.3) is 0 Å². The Morgan fingerprint density at radius 3 is 1.47 bits per heavy atom. The van der Waals surface area contributed by atoms with E-state index in [2.05, 4.69) is 12.8 Å². The van der Waals surface area contributed by atoms with Gasteiger partial charge >= 0.3 is 0 Å². The molecule has 82 valence electrons. The first-order valence-electron chi connectivity index (χ1n) is 4.71. The van der Waals surface area contributed by atoms with Crippen LogP contribution >= 0.6 is 11.6 Å². The third-order valence-corrected chi connectivity index (χ3v) is 2.04. The molecule has 0 heterocycles. The quantitative estimate of drug-likeness (QED) is 0.553. The number of hydrogen-bond donors (Lipinski definition) is 0. The van der Waals surface area contributed by atoms with Crippen LogP contribution in [0.25, 0.3) is 0 Å². The standard InChI is InChI=1S/C6H6.C5H9ClO.C2H2/c1-2-4-6-5-3-1;1-3-4(2)5(6)7;1-2/h1-6H;4H,3H2,1-2H3;1-2H. The molecule has 0 fully saturated rings. The van der Waals surface area contributed by atoms with Gasteiger partial charge in [-0.1, -0.05) is 50.2 Å². The fourth-order valence-electron chi connectivity index (χ4n) is 0.545. The maximum absolute atomic E-state index is 10.1. The fourth-order valence-corrected chi connectivity index (χ4v) is 0.700. The maximum Gasteiger partial charge on any atom is 0.224 e. The van der Waals surface area contributed by atoms with Gasteiger partial charge in [0.05, 0.1) is 0 Å². The molecule has 0 saturated carbocycles. The van der Waals surface area contributed by atoms with E-state index in [1.807, 2.05) is 50.2 Å². The van der Waals surface area contributed by atoms with Crippen LogP contribution in [-0.2, 0) is 4.79 Å². The van der Waals surface area contributed by atoms with Gasteiger partial charge in [0.2, 0.25) is 5.24 Å². The van der Waals surface area contributed by atoms with E-state index < -0.39 is 0 Å². The Hall–Kier alpha value is -1.26. The van der Waals surface area contributed by atoms with E-state index in [9.17, 15) is 4.79 Å². The second kappa shape index (κ2) is 12.7. The van der Waals surface area contributed by atoms with E-state index in [0.717, 1.165) is 6.42 Å². The normalized spacial score (nSPS) is 9.67. The zero-order valence-corrected chi connectivity index (χ0v) is 9.95. The average molecular weight is 225 g/mol. The molecule has 15 heavy (non-hydrogen) atoms. The Kier molecular flexibility index (Phi) is 13.7. The number of rotatable bonds is 2. The lowest BCUT2D eigenvalue weighted by Crippen LogP contribution is -1.99. The zero-order valence-electron chi connectivity index (χ0n) is 9.19. The number of benzene rings is 1. The molecule has 0 radical (unpaired) electrons. The summed E-state index contributed by atoms with van der Waals surface area (Å²) in [7, 11) is 0. The minimum absolute atomic E-state index is 0.0293. The summed E-state index contributed by atoms with van der Waals surface area (Å²) in [6, 6.07) is 12.0. The predicted octanol–water partition coefficient (Wildman–Crippen LogP) is 3.73. The van der Waals surface area contributed by atoms with Crippen molar-refractivity contribution in [3.8, 4) is 12.8 Å². The Labute approximate surface area is 97.5 Å². The van der Waals surface area contributed by atoms with Gasteiger partial charge in [-0.05, 0) is 18.0 Å². The Morgan fingerprint density at radius 2 is 1.40 bits per heavy atom. The third-order valence-electron chi connectivity index (χ3n) is 1.67. The summed E-state index contributed by atoms with van der Waals surface area (Å²) in [5.41, 5.74) is 0. The Balaban J connectivity index is 0. The lowest BCUT2D eigenvalue weighted by atomic mass is 10.1. The largest absolute Gasteiger partial charge is 0.281 e. The summed E-state index contributed by atoms with van der Waals surface area (Å²) in [6.07, 6.45) is 8.84. The minimum Gasteiger partial charge on any atom is -0.281 e. The van der Waals surface area contributed by atoms with Gasteiger partial charge in [0.15, 0.2) is 0 Å². The van der Waals surface area contributed by atoms with Crippen molar-refractivity contribution in [3.63, 3.8) is 0 Å². The van der Waals surface area contributed by atoms with E-state index in [-0.39, 0.29) is 11.2 Å². The van der Waals surface area contributed by atoms with Gasteiger partial charge in [0, 0.05) is 5.92 Å². The van der Waals surface area contributed by atoms with E-state index >= 15 is 0 Å². The molecule has 0 spiro atoms. The van der Waals surface area contributed by atoms with Crippen molar-refractivity contribution in [1.29, 1.82) is 0 Å². The van der Waals surface area contributed by atoms with Crippen molar-refractivity contribution < 1.29 is 4.79 Å². The molecule has 0 saturated heterocycles. The second-order valence-electron chi connectivity index (χ2n) is 2.77. The third kappa shape index (κ3) is 12.7. The predicted molar refractivity (Wildman–Crippen MR) is 66.6 cm³/mol. The monoisotopic (exact) mass is 224 g/mol. The molecule has 0 aliphatic carbocycles. The Morgan fingerprint density at radius 1 is 1.13 bits per heavy atom. The number of terminal acetylenes is 1. The smallest absolute Gasteiger partial charge is 0.224 e. The zero-order chi connectivity index (χ0) is 12.1. The van der Waals surface area contributed by atoms with Crippen molar-refractivity contribution in [3.05, 3.63) is 36.4 Å². The molecular weight excluding hydrogens is 208 g/mol. The molecule has 1 aromatic carbocycles. The number of hydrogen-bond acceptors (Lipinski definition) is 1. The highest BCUT2D eigenvalue weighted by molar-refractivity contribution is 6.63. The van der Waals surface area contributed by atoms with Crippen LogP contribution in [0.2, 0.25) is 0 Å². The van der Waals surface area contributed by atoms with Crippen molar-refractivity contribution in [2.75, 3.05) is 0 Å². The highest BCUT2D eigenvalue weighted by Crippen LogP contribution is 2.03. The van der Waals surface area contributed by atoms with Crippen LogP contribution in [0.4, 0.5) is 0 Å². The van der Waals surface area contributed by atoms with Gasteiger partial charge in [-0.3, -0.25) is 4.79 Å². The molecule has 0 aliphatic rings. The molecule has 1 aromatic rings. The van der Waals surface area contributed by atoms with Crippen LogP contribution in [0, 0.1) is 18.8 Å². The highest BCUT2D eigenvalue weighted by atomic mass is 35.5. The molecule has 0 aliphatic heterocycles. The lowest BCUT2D eigenvalue weighted by Gasteiger charge is -1.95. The lowest BCUT2D eigenvalue weighted by molar-refractivity contribution is -0.114. The molecule has 1 unspecified atom stereocenters. The molecule has 0 amide bonds. The fraction of sp³-hybridized carbons (Fsp3) is 0.308. The topological polar surface area (TPSA) is 17.1 Å². The molecule has 1 rings (SSSR count). The Bertz CT molecular complexity index is 227. The summed E-state index contributed by atoms with van der Waals surface area (Å²) in [5.74, 6) is 0.0293. The molecule has 1 atom stereocenters. The number of halogens is 1. The number of carbonyl (C=O) groups excluding carboxylic acids is 1. The first-order chi connectivity index (χ1) is 7.18. The SMILES string of the molecule is C#C.CCC(C)C(=O)Cl.c1ccccc1. The van der Waals surface area contributed by atoms with Crippen LogP contribution in [0.1, 0.15) is 20.3 Å². The molecule has 0 aromatic heterocycles. The van der Waals surface area contributed by atoms with Gasteiger partial charge in [-0.2, -0.15) is 0 Å². The molecule has 0 bridgehead atoms. The molecule has 2 heteroatoms. The van der Waals surface area contributed by atoms with Gasteiger partial charge in [0.1, 0.15) is 0 Å². The summed E-state index contributed by atoms with van der Waals surface area (Å²) in [5, 5.41) is -0.234. The van der Waals surface area contributed by atoms with Crippen molar-refractivity contribution >= 4 is 16.8 Å². The van der Waals surface area contributed by atoms with Crippen LogP contribution < -0.4 is 0 Å².